The van der Waals surface area contributed by atoms with Crippen molar-refractivity contribution in [2.45, 2.75) is 12.7 Å². The first-order chi connectivity index (χ1) is 8.23. The highest BCUT2D eigenvalue weighted by Gasteiger charge is 2.41. The molecule has 6 nitrogen and oxygen atoms in total. The Morgan fingerprint density at radius 1 is 1.50 bits per heavy atom. The van der Waals surface area contributed by atoms with Crippen LogP contribution in [0.3, 0.4) is 0 Å². The van der Waals surface area contributed by atoms with Crippen molar-refractivity contribution in [3.05, 3.63) is 18.2 Å². The molecule has 0 saturated carbocycles. The highest BCUT2D eigenvalue weighted by Crippen LogP contribution is 2.17. The molecule has 0 spiro atoms. The minimum atomic E-state index is -4.93. The number of carboxylic acid groups (broad SMARTS) is 1. The van der Waals surface area contributed by atoms with Crippen molar-refractivity contribution < 1.29 is 27.9 Å². The molecule has 1 aromatic rings. The third-order valence-electron chi connectivity index (χ3n) is 2.20. The number of carbonyl (C=O) groups excluding carboxylic acids is 1. The summed E-state index contributed by atoms with van der Waals surface area (Å²) in [5.74, 6) is -3.21. The van der Waals surface area contributed by atoms with Gasteiger partial charge in [0.15, 0.2) is 0 Å². The number of halogens is 3. The first-order valence-corrected chi connectivity index (χ1v) is 4.79. The Hall–Kier alpha value is -2.06. The van der Waals surface area contributed by atoms with Crippen LogP contribution in [0, 0.1) is 0 Å². The SMILES string of the molecule is CN(CCn1cncc1C(=O)O)C(=O)C(F)(F)F. The Labute approximate surface area is 99.6 Å². The molecule has 0 saturated heterocycles. The average molecular weight is 265 g/mol. The van der Waals surface area contributed by atoms with Crippen LogP contribution in [-0.4, -0.2) is 51.2 Å². The number of imidazole rings is 1. The van der Waals surface area contributed by atoms with Gasteiger partial charge < -0.3 is 14.6 Å². The lowest BCUT2D eigenvalue weighted by Gasteiger charge is -2.19. The number of hydrogen-bond acceptors (Lipinski definition) is 3. The Morgan fingerprint density at radius 2 is 2.11 bits per heavy atom. The fourth-order valence-electron chi connectivity index (χ4n) is 1.25. The minimum Gasteiger partial charge on any atom is -0.477 e. The zero-order chi connectivity index (χ0) is 13.9. The van der Waals surface area contributed by atoms with E-state index in [0.29, 0.717) is 4.90 Å². The molecule has 0 fully saturated rings. The van der Waals surface area contributed by atoms with Crippen molar-refractivity contribution in [1.29, 1.82) is 0 Å². The maximum atomic E-state index is 12.1. The first kappa shape index (κ1) is 14.0. The van der Waals surface area contributed by atoms with Gasteiger partial charge >= 0.3 is 18.1 Å². The number of carbonyl (C=O) groups is 2. The predicted molar refractivity (Wildman–Crippen MR) is 52.9 cm³/mol. The molecule has 18 heavy (non-hydrogen) atoms. The number of aromatic nitrogens is 2. The van der Waals surface area contributed by atoms with E-state index >= 15 is 0 Å². The van der Waals surface area contributed by atoms with E-state index in [1.807, 2.05) is 0 Å². The number of hydrogen-bond donors (Lipinski definition) is 1. The van der Waals surface area contributed by atoms with Crippen molar-refractivity contribution in [2.24, 2.45) is 0 Å². The topological polar surface area (TPSA) is 75.4 Å². The first-order valence-electron chi connectivity index (χ1n) is 4.79. The van der Waals surface area contributed by atoms with Crippen molar-refractivity contribution in [3.63, 3.8) is 0 Å². The molecular formula is C9H10F3N3O3. The largest absolute Gasteiger partial charge is 0.477 e. The lowest BCUT2D eigenvalue weighted by Crippen LogP contribution is -2.40. The summed E-state index contributed by atoms with van der Waals surface area (Å²) in [4.78, 5) is 25.6. The van der Waals surface area contributed by atoms with E-state index in [1.54, 1.807) is 0 Å². The average Bonchev–Trinajstić information content (AvgIpc) is 2.71. The van der Waals surface area contributed by atoms with Crippen molar-refractivity contribution in [3.8, 4) is 0 Å². The van der Waals surface area contributed by atoms with Crippen LogP contribution in [0.1, 0.15) is 10.5 Å². The summed E-state index contributed by atoms with van der Waals surface area (Å²) >= 11 is 0. The van der Waals surface area contributed by atoms with E-state index in [4.69, 9.17) is 5.11 Å². The quantitative estimate of drug-likeness (QED) is 0.865. The normalized spacial score (nSPS) is 11.3. The van der Waals surface area contributed by atoms with Crippen molar-refractivity contribution in [1.82, 2.24) is 14.5 Å². The fourth-order valence-corrected chi connectivity index (χ4v) is 1.25. The summed E-state index contributed by atoms with van der Waals surface area (Å²) in [6.07, 6.45) is -2.68. The molecule has 0 unspecified atom stereocenters. The Kier molecular flexibility index (Phi) is 3.94. The zero-order valence-corrected chi connectivity index (χ0v) is 9.31. The molecule has 0 aliphatic rings. The Balaban J connectivity index is 2.63. The van der Waals surface area contributed by atoms with Crippen LogP contribution in [0.5, 0.6) is 0 Å². The van der Waals surface area contributed by atoms with Gasteiger partial charge in [0.2, 0.25) is 0 Å². The smallest absolute Gasteiger partial charge is 0.471 e. The molecule has 0 radical (unpaired) electrons. The van der Waals surface area contributed by atoms with Gasteiger partial charge in [-0.15, -0.1) is 0 Å². The van der Waals surface area contributed by atoms with Crippen LogP contribution in [0.2, 0.25) is 0 Å². The van der Waals surface area contributed by atoms with E-state index in [-0.39, 0.29) is 18.8 Å². The third kappa shape index (κ3) is 3.22. The van der Waals surface area contributed by atoms with Crippen molar-refractivity contribution >= 4 is 11.9 Å². The molecule has 9 heteroatoms. The molecule has 0 aliphatic carbocycles. The zero-order valence-electron chi connectivity index (χ0n) is 9.31. The molecule has 0 aromatic carbocycles. The second kappa shape index (κ2) is 5.07. The summed E-state index contributed by atoms with van der Waals surface area (Å²) in [5.41, 5.74) is -0.150. The van der Waals surface area contributed by atoms with Crippen LogP contribution >= 0.6 is 0 Å². The van der Waals surface area contributed by atoms with Crippen LogP contribution in [0.15, 0.2) is 12.5 Å². The van der Waals surface area contributed by atoms with Gasteiger partial charge in [-0.2, -0.15) is 13.2 Å². The van der Waals surface area contributed by atoms with Gasteiger partial charge in [0.25, 0.3) is 0 Å². The van der Waals surface area contributed by atoms with Crippen LogP contribution in [0.25, 0.3) is 0 Å². The molecule has 0 aliphatic heterocycles. The van der Waals surface area contributed by atoms with E-state index in [2.05, 4.69) is 4.98 Å². The molecular weight excluding hydrogens is 255 g/mol. The maximum Gasteiger partial charge on any atom is 0.471 e. The van der Waals surface area contributed by atoms with Crippen LogP contribution < -0.4 is 0 Å². The predicted octanol–water partition coefficient (Wildman–Crippen LogP) is 0.602. The number of rotatable bonds is 4. The summed E-state index contributed by atoms with van der Waals surface area (Å²) in [7, 11) is 0.993. The van der Waals surface area contributed by atoms with Gasteiger partial charge in [0, 0.05) is 20.1 Å². The Bertz CT molecular complexity index is 455. The highest BCUT2D eigenvalue weighted by atomic mass is 19.4. The van der Waals surface area contributed by atoms with Gasteiger partial charge in [-0.3, -0.25) is 4.79 Å². The van der Waals surface area contributed by atoms with Gasteiger partial charge in [0.05, 0.1) is 12.5 Å². The van der Waals surface area contributed by atoms with Gasteiger partial charge in [-0.1, -0.05) is 0 Å². The molecule has 1 rings (SSSR count). The monoisotopic (exact) mass is 265 g/mol. The second-order valence-corrected chi connectivity index (χ2v) is 3.50. The second-order valence-electron chi connectivity index (χ2n) is 3.50. The van der Waals surface area contributed by atoms with E-state index in [0.717, 1.165) is 17.8 Å². The standard InChI is InChI=1S/C9H10F3N3O3/c1-14(8(18)9(10,11)12)2-3-15-5-13-4-6(15)7(16)17/h4-5H,2-3H2,1H3,(H,16,17). The van der Waals surface area contributed by atoms with Gasteiger partial charge in [0.1, 0.15) is 5.69 Å². The third-order valence-corrected chi connectivity index (χ3v) is 2.20. The summed E-state index contributed by atoms with van der Waals surface area (Å²) < 4.78 is 37.4. The van der Waals surface area contributed by atoms with Crippen LogP contribution in [0.4, 0.5) is 13.2 Å². The van der Waals surface area contributed by atoms with Crippen molar-refractivity contribution in [2.75, 3.05) is 13.6 Å². The number of likely N-dealkylation sites (N-methyl/N-ethyl adjacent to an activating group) is 1. The Morgan fingerprint density at radius 3 is 2.61 bits per heavy atom. The van der Waals surface area contributed by atoms with E-state index < -0.39 is 18.1 Å². The fraction of sp³-hybridized carbons (Fsp3) is 0.444. The van der Waals surface area contributed by atoms with Gasteiger partial charge in [-0.05, 0) is 0 Å². The number of amides is 1. The number of aromatic carboxylic acids is 1. The lowest BCUT2D eigenvalue weighted by atomic mass is 10.4. The summed E-state index contributed by atoms with van der Waals surface area (Å²) in [5, 5.41) is 8.74. The molecule has 1 amide bonds. The number of carboxylic acids is 1. The molecule has 0 atom stereocenters. The molecule has 1 N–H and O–H groups in total. The lowest BCUT2D eigenvalue weighted by molar-refractivity contribution is -0.184. The van der Waals surface area contributed by atoms with E-state index in [9.17, 15) is 22.8 Å². The van der Waals surface area contributed by atoms with Gasteiger partial charge in [-0.25, -0.2) is 9.78 Å². The number of alkyl halides is 3. The summed E-state index contributed by atoms with van der Waals surface area (Å²) in [6.45, 7) is -0.352. The molecule has 0 bridgehead atoms. The molecule has 100 valence electrons. The number of nitrogens with zero attached hydrogens (tertiary/aromatic N) is 3. The minimum absolute atomic E-state index is 0.0834. The van der Waals surface area contributed by atoms with E-state index in [1.165, 1.54) is 6.33 Å². The van der Waals surface area contributed by atoms with Crippen LogP contribution in [-0.2, 0) is 11.3 Å². The molecule has 1 heterocycles. The maximum absolute atomic E-state index is 12.1. The summed E-state index contributed by atoms with van der Waals surface area (Å²) in [6, 6.07) is 0. The highest BCUT2D eigenvalue weighted by molar-refractivity contribution is 5.85. The molecule has 1 aromatic heterocycles.